The summed E-state index contributed by atoms with van der Waals surface area (Å²) in [6, 6.07) is 0. The van der Waals surface area contributed by atoms with Crippen LogP contribution in [0.25, 0.3) is 0 Å². The Hall–Kier alpha value is -0.630. The van der Waals surface area contributed by atoms with Crippen LogP contribution < -0.4 is 0 Å². The zero-order valence-electron chi connectivity index (χ0n) is 7.70. The summed E-state index contributed by atoms with van der Waals surface area (Å²) in [7, 11) is -0.762. The summed E-state index contributed by atoms with van der Waals surface area (Å²) in [4.78, 5) is 0. The molecule has 0 aromatic heterocycles. The molecule has 2 unspecified atom stereocenters. The van der Waals surface area contributed by atoms with Gasteiger partial charge in [0.15, 0.2) is 0 Å². The van der Waals surface area contributed by atoms with Crippen LogP contribution in [-0.4, -0.2) is 15.7 Å². The summed E-state index contributed by atoms with van der Waals surface area (Å²) < 4.78 is 11.2. The van der Waals surface area contributed by atoms with Gasteiger partial charge in [-0.05, 0) is 19.4 Å². The molecule has 0 bridgehead atoms. The smallest absolute Gasteiger partial charge is 0.0531 e. The fourth-order valence-corrected chi connectivity index (χ4v) is 1.75. The second-order valence-corrected chi connectivity index (χ2v) is 4.70. The van der Waals surface area contributed by atoms with Crippen LogP contribution in [0.15, 0.2) is 35.5 Å². The maximum Gasteiger partial charge on any atom is 0.0531 e. The molecule has 1 aliphatic rings. The highest BCUT2D eigenvalue weighted by Crippen LogP contribution is 2.18. The first-order chi connectivity index (χ1) is 5.63. The summed E-state index contributed by atoms with van der Waals surface area (Å²) in [5.41, 5.74) is 2.42. The van der Waals surface area contributed by atoms with E-state index >= 15 is 0 Å². The molecule has 0 amide bonds. The van der Waals surface area contributed by atoms with E-state index in [0.717, 1.165) is 0 Å². The molecule has 0 N–H and O–H groups in total. The van der Waals surface area contributed by atoms with Crippen molar-refractivity contribution in [1.82, 2.24) is 0 Å². The molecule has 12 heavy (non-hydrogen) atoms. The second kappa shape index (κ2) is 3.85. The fraction of sp³-hybridized carbons (Fsp3) is 0.400. The lowest BCUT2D eigenvalue weighted by Crippen LogP contribution is -2.11. The Morgan fingerprint density at radius 2 is 1.92 bits per heavy atom. The van der Waals surface area contributed by atoms with Crippen LogP contribution in [0.1, 0.15) is 13.8 Å². The van der Waals surface area contributed by atoms with Gasteiger partial charge >= 0.3 is 0 Å². The molecule has 0 saturated heterocycles. The van der Waals surface area contributed by atoms with Crippen molar-refractivity contribution in [2.24, 2.45) is 0 Å². The van der Waals surface area contributed by atoms with Crippen molar-refractivity contribution in [2.75, 3.05) is 6.26 Å². The predicted octanol–water partition coefficient (Wildman–Crippen LogP) is 2.20. The maximum atomic E-state index is 11.2. The number of hydrogen-bond donors (Lipinski definition) is 0. The van der Waals surface area contributed by atoms with E-state index < -0.39 is 10.8 Å². The second-order valence-electron chi connectivity index (χ2n) is 3.00. The van der Waals surface area contributed by atoms with E-state index in [2.05, 4.69) is 12.2 Å². The fourth-order valence-electron chi connectivity index (χ4n) is 1.12. The van der Waals surface area contributed by atoms with Crippen molar-refractivity contribution in [1.29, 1.82) is 0 Å². The first kappa shape index (κ1) is 9.46. The quantitative estimate of drug-likeness (QED) is 0.640. The molecule has 1 nitrogen and oxygen atoms in total. The first-order valence-electron chi connectivity index (χ1n) is 4.00. The maximum absolute atomic E-state index is 11.2. The molecular weight excluding hydrogens is 168 g/mol. The summed E-state index contributed by atoms with van der Waals surface area (Å²) >= 11 is 0. The summed E-state index contributed by atoms with van der Waals surface area (Å²) in [5.74, 6) is 0. The molecule has 0 aromatic rings. The minimum Gasteiger partial charge on any atom is -0.259 e. The van der Waals surface area contributed by atoms with Crippen LogP contribution in [-0.2, 0) is 10.8 Å². The highest BCUT2D eigenvalue weighted by atomic mass is 32.2. The molecule has 0 spiro atoms. The molecule has 1 rings (SSSR count). The third kappa shape index (κ3) is 1.95. The molecule has 2 heteroatoms. The Balaban J connectivity index is 2.88. The van der Waals surface area contributed by atoms with E-state index in [-0.39, 0.29) is 5.25 Å². The minimum absolute atomic E-state index is 0.160. The molecule has 0 fully saturated rings. The Bertz CT molecular complexity index is 270. The normalized spacial score (nSPS) is 19.8. The molecule has 0 aliphatic heterocycles. The van der Waals surface area contributed by atoms with Gasteiger partial charge in [0.2, 0.25) is 0 Å². The van der Waals surface area contributed by atoms with Crippen LogP contribution in [0.5, 0.6) is 0 Å². The third-order valence-corrected chi connectivity index (χ3v) is 3.58. The van der Waals surface area contributed by atoms with Gasteiger partial charge in [-0.25, -0.2) is 0 Å². The van der Waals surface area contributed by atoms with Gasteiger partial charge in [-0.2, -0.15) is 0 Å². The third-order valence-electron chi connectivity index (χ3n) is 2.23. The van der Waals surface area contributed by atoms with Crippen molar-refractivity contribution in [3.05, 3.63) is 35.5 Å². The van der Waals surface area contributed by atoms with Gasteiger partial charge in [0, 0.05) is 17.1 Å². The van der Waals surface area contributed by atoms with Gasteiger partial charge in [-0.15, -0.1) is 0 Å². The van der Waals surface area contributed by atoms with Gasteiger partial charge in [0.05, 0.1) is 5.25 Å². The molecule has 0 radical (unpaired) electrons. The monoisotopic (exact) mass is 182 g/mol. The van der Waals surface area contributed by atoms with Gasteiger partial charge in [0.1, 0.15) is 0 Å². The zero-order chi connectivity index (χ0) is 9.14. The Morgan fingerprint density at radius 3 is 2.33 bits per heavy atom. The average molecular weight is 182 g/mol. The van der Waals surface area contributed by atoms with Gasteiger partial charge in [-0.1, -0.05) is 29.9 Å². The molecular formula is C10H14OS. The number of rotatable bonds is 2. The topological polar surface area (TPSA) is 17.1 Å². The summed E-state index contributed by atoms with van der Waals surface area (Å²) in [6.45, 7) is 4.04. The molecule has 0 heterocycles. The van der Waals surface area contributed by atoms with Gasteiger partial charge in [-0.3, -0.25) is 4.21 Å². The Kier molecular flexibility index (Phi) is 3.04. The first-order valence-corrected chi connectivity index (χ1v) is 5.63. The van der Waals surface area contributed by atoms with E-state index in [1.807, 2.05) is 26.0 Å². The van der Waals surface area contributed by atoms with Crippen molar-refractivity contribution in [2.45, 2.75) is 19.1 Å². The van der Waals surface area contributed by atoms with E-state index in [4.69, 9.17) is 0 Å². The van der Waals surface area contributed by atoms with E-state index in [0.29, 0.717) is 0 Å². The van der Waals surface area contributed by atoms with Crippen LogP contribution >= 0.6 is 0 Å². The molecule has 0 aromatic carbocycles. The highest BCUT2D eigenvalue weighted by molar-refractivity contribution is 7.85. The van der Waals surface area contributed by atoms with Crippen molar-refractivity contribution in [3.63, 3.8) is 0 Å². The molecule has 2 atom stereocenters. The SMILES string of the molecule is CC(=C1C=CC=C1)C(C)S(C)=O. The van der Waals surface area contributed by atoms with Crippen molar-refractivity contribution in [3.8, 4) is 0 Å². The predicted molar refractivity (Wildman–Crippen MR) is 54.5 cm³/mol. The number of allylic oxidation sites excluding steroid dienone is 5. The summed E-state index contributed by atoms with van der Waals surface area (Å²) in [5, 5.41) is 0.160. The molecule has 1 aliphatic carbocycles. The molecule has 66 valence electrons. The van der Waals surface area contributed by atoms with E-state index in [1.165, 1.54) is 11.1 Å². The van der Waals surface area contributed by atoms with Crippen molar-refractivity contribution >= 4 is 10.8 Å². The standard InChI is InChI=1S/C10H14OS/c1-8(9(2)12(3)11)10-6-4-5-7-10/h4-7,9H,1-3H3. The number of hydrogen-bond acceptors (Lipinski definition) is 1. The Morgan fingerprint density at radius 1 is 1.42 bits per heavy atom. The Labute approximate surface area is 76.3 Å². The van der Waals surface area contributed by atoms with Crippen LogP contribution in [0.3, 0.4) is 0 Å². The zero-order valence-corrected chi connectivity index (χ0v) is 8.52. The van der Waals surface area contributed by atoms with Gasteiger partial charge < -0.3 is 0 Å². The minimum atomic E-state index is -0.762. The summed E-state index contributed by atoms with van der Waals surface area (Å²) in [6.07, 6.45) is 9.86. The molecule has 0 saturated carbocycles. The lowest BCUT2D eigenvalue weighted by molar-refractivity contribution is 0.682. The average Bonchev–Trinajstić information content (AvgIpc) is 2.53. The van der Waals surface area contributed by atoms with E-state index in [1.54, 1.807) is 6.26 Å². The van der Waals surface area contributed by atoms with Crippen LogP contribution in [0.4, 0.5) is 0 Å². The van der Waals surface area contributed by atoms with Crippen LogP contribution in [0, 0.1) is 0 Å². The highest BCUT2D eigenvalue weighted by Gasteiger charge is 2.11. The lowest BCUT2D eigenvalue weighted by Gasteiger charge is -2.10. The van der Waals surface area contributed by atoms with E-state index in [9.17, 15) is 4.21 Å². The lowest BCUT2D eigenvalue weighted by atomic mass is 10.1. The van der Waals surface area contributed by atoms with Crippen molar-refractivity contribution < 1.29 is 4.21 Å². The largest absolute Gasteiger partial charge is 0.259 e. The van der Waals surface area contributed by atoms with Gasteiger partial charge in [0.25, 0.3) is 0 Å². The van der Waals surface area contributed by atoms with Crippen LogP contribution in [0.2, 0.25) is 0 Å².